The molecule has 0 saturated carbocycles. The van der Waals surface area contributed by atoms with Crippen LogP contribution in [0.1, 0.15) is 11.5 Å². The molecule has 0 aliphatic rings. The van der Waals surface area contributed by atoms with E-state index in [2.05, 4.69) is 25.1 Å². The summed E-state index contributed by atoms with van der Waals surface area (Å²) in [6, 6.07) is 4.57. The summed E-state index contributed by atoms with van der Waals surface area (Å²) in [4.78, 5) is 11.9. The Bertz CT molecular complexity index is 704. The van der Waals surface area contributed by atoms with E-state index < -0.39 is 10.0 Å². The molecule has 2 aromatic heterocycles. The molecule has 2 aromatic rings. The molecule has 0 amide bonds. The minimum Gasteiger partial charge on any atom is -0.307 e. The molecule has 9 heteroatoms. The van der Waals surface area contributed by atoms with Gasteiger partial charge in [0, 0.05) is 12.4 Å². The maximum Gasteiger partial charge on any atom is 0.244 e. The molecular weight excluding hydrogens is 280 g/mol. The minimum absolute atomic E-state index is 0.0201. The number of aromatic nitrogens is 3. The van der Waals surface area contributed by atoms with Gasteiger partial charge in [0.15, 0.2) is 5.82 Å². The highest BCUT2D eigenvalue weighted by Gasteiger charge is 2.18. The lowest BCUT2D eigenvalue weighted by molar-refractivity contribution is 0.580. The van der Waals surface area contributed by atoms with Crippen LogP contribution in [-0.2, 0) is 16.6 Å². The van der Waals surface area contributed by atoms with Crippen molar-refractivity contribution in [1.29, 1.82) is 0 Å². The first kappa shape index (κ1) is 14.3. The SMILES string of the molecule is Cc1nccc(CNS(=O)(=O)c2cccnc2NN)n1. The average molecular weight is 294 g/mol. The predicted molar refractivity (Wildman–Crippen MR) is 72.8 cm³/mol. The van der Waals surface area contributed by atoms with E-state index >= 15 is 0 Å². The number of nitrogens with zero attached hydrogens (tertiary/aromatic N) is 3. The summed E-state index contributed by atoms with van der Waals surface area (Å²) >= 11 is 0. The molecule has 0 aromatic carbocycles. The van der Waals surface area contributed by atoms with E-state index in [9.17, 15) is 8.42 Å². The van der Waals surface area contributed by atoms with Crippen molar-refractivity contribution in [2.24, 2.45) is 5.84 Å². The maximum absolute atomic E-state index is 12.2. The molecule has 0 aliphatic heterocycles. The van der Waals surface area contributed by atoms with Crippen LogP contribution in [0.15, 0.2) is 35.5 Å². The summed E-state index contributed by atoms with van der Waals surface area (Å²) in [7, 11) is -3.73. The topological polar surface area (TPSA) is 123 Å². The Labute approximate surface area is 116 Å². The molecule has 2 heterocycles. The first-order valence-corrected chi connectivity index (χ1v) is 7.21. The van der Waals surface area contributed by atoms with Gasteiger partial charge < -0.3 is 5.43 Å². The zero-order chi connectivity index (χ0) is 14.6. The highest BCUT2D eigenvalue weighted by Crippen LogP contribution is 2.16. The van der Waals surface area contributed by atoms with Crippen molar-refractivity contribution >= 4 is 15.8 Å². The summed E-state index contributed by atoms with van der Waals surface area (Å²) < 4.78 is 26.8. The molecular formula is C11H14N6O2S. The van der Waals surface area contributed by atoms with Crippen LogP contribution in [-0.4, -0.2) is 23.4 Å². The number of pyridine rings is 1. The Morgan fingerprint density at radius 3 is 2.75 bits per heavy atom. The van der Waals surface area contributed by atoms with E-state index in [4.69, 9.17) is 5.84 Å². The smallest absolute Gasteiger partial charge is 0.244 e. The summed E-state index contributed by atoms with van der Waals surface area (Å²) in [5.74, 6) is 5.91. The number of nitrogen functional groups attached to an aromatic ring is 1. The molecule has 20 heavy (non-hydrogen) atoms. The highest BCUT2D eigenvalue weighted by molar-refractivity contribution is 7.89. The van der Waals surface area contributed by atoms with Gasteiger partial charge in [-0.05, 0) is 25.1 Å². The molecule has 0 fully saturated rings. The summed E-state index contributed by atoms with van der Waals surface area (Å²) in [5, 5.41) is 0. The molecule has 0 saturated heterocycles. The monoisotopic (exact) mass is 294 g/mol. The molecule has 0 aliphatic carbocycles. The zero-order valence-electron chi connectivity index (χ0n) is 10.7. The van der Waals surface area contributed by atoms with Gasteiger partial charge >= 0.3 is 0 Å². The van der Waals surface area contributed by atoms with E-state index in [-0.39, 0.29) is 17.3 Å². The lowest BCUT2D eigenvalue weighted by Gasteiger charge is -2.09. The number of sulfonamides is 1. The summed E-state index contributed by atoms with van der Waals surface area (Å²) in [6.07, 6.45) is 3.02. The molecule has 4 N–H and O–H groups in total. The standard InChI is InChI=1S/C11H14N6O2S/c1-8-13-6-4-9(16-8)7-15-20(18,19)10-3-2-5-14-11(10)17-12/h2-6,15H,7,12H2,1H3,(H,14,17). The summed E-state index contributed by atoms with van der Waals surface area (Å²) in [6.45, 7) is 1.79. The number of nitrogens with one attached hydrogen (secondary N) is 2. The first-order valence-electron chi connectivity index (χ1n) is 5.73. The third-order valence-electron chi connectivity index (χ3n) is 2.47. The van der Waals surface area contributed by atoms with Crippen LogP contribution in [0.4, 0.5) is 5.82 Å². The summed E-state index contributed by atoms with van der Waals surface area (Å²) in [5.41, 5.74) is 2.83. The Morgan fingerprint density at radius 1 is 1.25 bits per heavy atom. The molecule has 0 radical (unpaired) electrons. The number of rotatable bonds is 5. The highest BCUT2D eigenvalue weighted by atomic mass is 32.2. The van der Waals surface area contributed by atoms with Crippen molar-refractivity contribution in [3.8, 4) is 0 Å². The van der Waals surface area contributed by atoms with Gasteiger partial charge in [0.1, 0.15) is 10.7 Å². The fourth-order valence-corrected chi connectivity index (χ4v) is 2.68. The second kappa shape index (κ2) is 5.90. The fraction of sp³-hybridized carbons (Fsp3) is 0.182. The number of aryl methyl sites for hydroxylation is 1. The van der Waals surface area contributed by atoms with Crippen LogP contribution in [0, 0.1) is 6.92 Å². The van der Waals surface area contributed by atoms with E-state index in [1.807, 2.05) is 0 Å². The van der Waals surface area contributed by atoms with Crippen molar-refractivity contribution in [2.75, 3.05) is 5.43 Å². The second-order valence-electron chi connectivity index (χ2n) is 3.91. The third kappa shape index (κ3) is 3.26. The molecule has 0 unspecified atom stereocenters. The number of hydrazine groups is 1. The third-order valence-corrected chi connectivity index (χ3v) is 3.91. The fourth-order valence-electron chi connectivity index (χ4n) is 1.57. The Balaban J connectivity index is 2.19. The van der Waals surface area contributed by atoms with Crippen LogP contribution in [0.2, 0.25) is 0 Å². The average Bonchev–Trinajstić information content (AvgIpc) is 2.45. The number of hydrogen-bond acceptors (Lipinski definition) is 7. The van der Waals surface area contributed by atoms with E-state index in [0.717, 1.165) is 0 Å². The quantitative estimate of drug-likeness (QED) is 0.521. The molecule has 8 nitrogen and oxygen atoms in total. The lowest BCUT2D eigenvalue weighted by Crippen LogP contribution is -2.26. The van der Waals surface area contributed by atoms with Crippen molar-refractivity contribution < 1.29 is 8.42 Å². The van der Waals surface area contributed by atoms with Crippen LogP contribution >= 0.6 is 0 Å². The Hall–Kier alpha value is -2.10. The first-order chi connectivity index (χ1) is 9.53. The van der Waals surface area contributed by atoms with Crippen LogP contribution < -0.4 is 16.0 Å². The zero-order valence-corrected chi connectivity index (χ0v) is 11.6. The molecule has 0 atom stereocenters. The second-order valence-corrected chi connectivity index (χ2v) is 5.65. The molecule has 2 rings (SSSR count). The van der Waals surface area contributed by atoms with Crippen molar-refractivity contribution in [3.63, 3.8) is 0 Å². The van der Waals surface area contributed by atoms with Crippen molar-refractivity contribution in [2.45, 2.75) is 18.4 Å². The minimum atomic E-state index is -3.73. The Kier molecular flexibility index (Phi) is 4.23. The lowest BCUT2D eigenvalue weighted by atomic mass is 10.4. The normalized spacial score (nSPS) is 11.3. The largest absolute Gasteiger partial charge is 0.307 e. The predicted octanol–water partition coefficient (Wildman–Crippen LogP) is -0.0559. The molecule has 106 valence electrons. The molecule has 0 bridgehead atoms. The van der Waals surface area contributed by atoms with Crippen LogP contribution in [0.3, 0.4) is 0 Å². The van der Waals surface area contributed by atoms with Gasteiger partial charge in [-0.3, -0.25) is 0 Å². The van der Waals surface area contributed by atoms with Crippen LogP contribution in [0.25, 0.3) is 0 Å². The van der Waals surface area contributed by atoms with Gasteiger partial charge in [0.05, 0.1) is 12.2 Å². The van der Waals surface area contributed by atoms with Gasteiger partial charge in [0.2, 0.25) is 10.0 Å². The van der Waals surface area contributed by atoms with E-state index in [0.29, 0.717) is 11.5 Å². The Morgan fingerprint density at radius 2 is 2.05 bits per heavy atom. The van der Waals surface area contributed by atoms with Gasteiger partial charge in [-0.25, -0.2) is 33.9 Å². The maximum atomic E-state index is 12.2. The van der Waals surface area contributed by atoms with Gasteiger partial charge in [0.25, 0.3) is 0 Å². The van der Waals surface area contributed by atoms with E-state index in [1.165, 1.54) is 18.3 Å². The number of nitrogens with two attached hydrogens (primary N) is 1. The van der Waals surface area contributed by atoms with Crippen molar-refractivity contribution in [3.05, 3.63) is 42.1 Å². The van der Waals surface area contributed by atoms with Gasteiger partial charge in [-0.2, -0.15) is 0 Å². The number of hydrogen-bond donors (Lipinski definition) is 3. The van der Waals surface area contributed by atoms with Crippen molar-refractivity contribution in [1.82, 2.24) is 19.7 Å². The molecule has 0 spiro atoms. The van der Waals surface area contributed by atoms with Gasteiger partial charge in [-0.15, -0.1) is 0 Å². The van der Waals surface area contributed by atoms with Gasteiger partial charge in [-0.1, -0.05) is 0 Å². The van der Waals surface area contributed by atoms with Crippen LogP contribution in [0.5, 0.6) is 0 Å². The number of anilines is 1. The van der Waals surface area contributed by atoms with E-state index in [1.54, 1.807) is 19.2 Å².